The Balaban J connectivity index is 4.25. The lowest BCUT2D eigenvalue weighted by molar-refractivity contribution is -0.870. The number of esters is 2. The monoisotopic (exact) mass is 895 g/mol. The quantitative estimate of drug-likeness (QED) is 0.0212. The van der Waals surface area contributed by atoms with Crippen LogP contribution in [0.4, 0.5) is 0 Å². The molecule has 0 aromatic rings. The van der Waals surface area contributed by atoms with Gasteiger partial charge in [0.2, 0.25) is 0 Å². The van der Waals surface area contributed by atoms with E-state index in [9.17, 15) is 19.0 Å². The fraction of sp³-hybridized carbons (Fsp3) is 0.808. The fourth-order valence-corrected chi connectivity index (χ4v) is 7.58. The molecule has 0 rings (SSSR count). The van der Waals surface area contributed by atoms with Crippen molar-refractivity contribution in [2.24, 2.45) is 0 Å². The van der Waals surface area contributed by atoms with E-state index >= 15 is 0 Å². The zero-order valence-corrected chi connectivity index (χ0v) is 41.7. The molecular weight excluding hydrogens is 798 g/mol. The van der Waals surface area contributed by atoms with Gasteiger partial charge in [-0.2, -0.15) is 0 Å². The molecule has 0 radical (unpaired) electrons. The lowest BCUT2D eigenvalue weighted by atomic mass is 10.0. The SMILES string of the molecule is CCCCC/C=C\C/C=C\CCCCCCCC(=O)OCC(COP(=O)(O)OCC[N+](C)(C)C)OC(=O)CCCCCCCCCCCCC/C=C\C/C=C\CCCCCCC. The summed E-state index contributed by atoms with van der Waals surface area (Å²) >= 11 is 0. The first-order valence-corrected chi connectivity index (χ1v) is 26.9. The van der Waals surface area contributed by atoms with Gasteiger partial charge in [-0.15, -0.1) is 0 Å². The summed E-state index contributed by atoms with van der Waals surface area (Å²) < 4.78 is 34.4. The number of rotatable bonds is 46. The van der Waals surface area contributed by atoms with Crippen molar-refractivity contribution < 1.29 is 42.1 Å². The van der Waals surface area contributed by atoms with Crippen LogP contribution in [-0.2, 0) is 32.7 Å². The molecule has 362 valence electrons. The fourth-order valence-electron chi connectivity index (χ4n) is 6.84. The number of ether oxygens (including phenoxy) is 2. The van der Waals surface area contributed by atoms with E-state index in [0.717, 1.165) is 70.6 Å². The molecule has 0 aliphatic heterocycles. The number of unbranched alkanes of at least 4 members (excludes halogenated alkanes) is 24. The van der Waals surface area contributed by atoms with Crippen molar-refractivity contribution in [2.75, 3.05) is 47.5 Å². The average Bonchev–Trinajstić information content (AvgIpc) is 3.23. The third-order valence-corrected chi connectivity index (χ3v) is 11.8. The Kier molecular flexibility index (Phi) is 42.7. The lowest BCUT2D eigenvalue weighted by Crippen LogP contribution is -2.37. The van der Waals surface area contributed by atoms with Gasteiger partial charge in [-0.1, -0.05) is 178 Å². The van der Waals surface area contributed by atoms with E-state index in [4.69, 9.17) is 18.5 Å². The van der Waals surface area contributed by atoms with Crippen molar-refractivity contribution in [1.29, 1.82) is 0 Å². The highest BCUT2D eigenvalue weighted by molar-refractivity contribution is 7.47. The number of carbonyl (C=O) groups excluding carboxylic acids is 2. The van der Waals surface area contributed by atoms with Crippen LogP contribution in [0.2, 0.25) is 0 Å². The molecule has 62 heavy (non-hydrogen) atoms. The second kappa shape index (κ2) is 44.2. The van der Waals surface area contributed by atoms with Gasteiger partial charge in [0.1, 0.15) is 19.8 Å². The maximum absolute atomic E-state index is 12.8. The summed E-state index contributed by atoms with van der Waals surface area (Å²) in [4.78, 5) is 35.5. The second-order valence-electron chi connectivity index (χ2n) is 18.2. The van der Waals surface area contributed by atoms with Gasteiger partial charge in [-0.05, 0) is 77.0 Å². The molecule has 0 aromatic heterocycles. The number of phosphoric acid groups is 1. The normalized spacial score (nSPS) is 13.8. The molecule has 0 aliphatic rings. The molecule has 1 N–H and O–H groups in total. The van der Waals surface area contributed by atoms with E-state index in [1.54, 1.807) is 0 Å². The van der Waals surface area contributed by atoms with Gasteiger partial charge in [-0.3, -0.25) is 18.6 Å². The van der Waals surface area contributed by atoms with E-state index in [0.29, 0.717) is 17.4 Å². The van der Waals surface area contributed by atoms with Crippen LogP contribution in [0.25, 0.3) is 0 Å². The molecule has 10 heteroatoms. The van der Waals surface area contributed by atoms with E-state index < -0.39 is 26.5 Å². The lowest BCUT2D eigenvalue weighted by Gasteiger charge is -2.24. The van der Waals surface area contributed by atoms with Gasteiger partial charge >= 0.3 is 19.8 Å². The van der Waals surface area contributed by atoms with Crippen molar-refractivity contribution in [2.45, 2.75) is 225 Å². The Morgan fingerprint density at radius 3 is 1.31 bits per heavy atom. The number of allylic oxidation sites excluding steroid dienone is 8. The first-order valence-electron chi connectivity index (χ1n) is 25.4. The predicted octanol–water partition coefficient (Wildman–Crippen LogP) is 15.0. The Morgan fingerprint density at radius 1 is 0.500 bits per heavy atom. The maximum atomic E-state index is 12.8. The van der Waals surface area contributed by atoms with Gasteiger partial charge in [0.25, 0.3) is 0 Å². The summed E-state index contributed by atoms with van der Waals surface area (Å²) in [6.07, 6.45) is 53.0. The molecule has 0 bridgehead atoms. The number of carbonyl (C=O) groups is 2. The zero-order valence-electron chi connectivity index (χ0n) is 40.9. The highest BCUT2D eigenvalue weighted by Crippen LogP contribution is 2.43. The van der Waals surface area contributed by atoms with E-state index in [1.165, 1.54) is 116 Å². The summed E-state index contributed by atoms with van der Waals surface area (Å²) in [5.74, 6) is -0.814. The molecule has 0 saturated carbocycles. The number of nitrogens with zero attached hydrogens (tertiary/aromatic N) is 1. The third-order valence-electron chi connectivity index (χ3n) is 10.8. The van der Waals surface area contributed by atoms with Crippen LogP contribution in [0.5, 0.6) is 0 Å². The molecule has 9 nitrogen and oxygen atoms in total. The van der Waals surface area contributed by atoms with Crippen LogP contribution in [0.1, 0.15) is 219 Å². The second-order valence-corrected chi connectivity index (χ2v) is 19.6. The minimum Gasteiger partial charge on any atom is -0.462 e. The summed E-state index contributed by atoms with van der Waals surface area (Å²) in [6.45, 7) is 4.38. The molecule has 2 unspecified atom stereocenters. The van der Waals surface area contributed by atoms with Crippen LogP contribution in [-0.4, -0.2) is 74.9 Å². The summed E-state index contributed by atoms with van der Waals surface area (Å²) in [7, 11) is 1.47. The van der Waals surface area contributed by atoms with Crippen molar-refractivity contribution in [3.05, 3.63) is 48.6 Å². The van der Waals surface area contributed by atoms with Crippen molar-refractivity contribution in [3.63, 3.8) is 0 Å². The smallest absolute Gasteiger partial charge is 0.462 e. The summed E-state index contributed by atoms with van der Waals surface area (Å²) in [5, 5.41) is 0. The Labute approximate surface area is 382 Å². The van der Waals surface area contributed by atoms with Crippen molar-refractivity contribution in [3.8, 4) is 0 Å². The Bertz CT molecular complexity index is 1190. The third kappa shape index (κ3) is 47.4. The topological polar surface area (TPSA) is 108 Å². The standard InChI is InChI=1S/C52H96NO8P/c1-6-8-10-12-14-16-18-20-22-23-24-25-26-27-28-29-31-33-35-37-39-41-43-45-52(55)61-50(49-60-62(56,57)59-47-46-53(3,4)5)48-58-51(54)44-42-40-38-36-34-32-30-21-19-17-15-13-11-9-7-2/h15,17-18,20-21,23-24,30,50H,6-14,16,19,22,25-29,31-49H2,1-5H3/p+1/b17-15-,20-18-,24-23-,30-21-. The molecule has 2 atom stereocenters. The minimum atomic E-state index is -4.38. The minimum absolute atomic E-state index is 0.0280. The van der Waals surface area contributed by atoms with Crippen molar-refractivity contribution >= 4 is 19.8 Å². The van der Waals surface area contributed by atoms with E-state index in [2.05, 4.69) is 62.5 Å². The first kappa shape index (κ1) is 60.0. The Hall–Kier alpha value is -2.03. The molecule has 0 heterocycles. The molecular formula is C52H97NO8P+. The van der Waals surface area contributed by atoms with Crippen LogP contribution in [0, 0.1) is 0 Å². The van der Waals surface area contributed by atoms with Gasteiger partial charge in [-0.25, -0.2) is 4.57 Å². The van der Waals surface area contributed by atoms with E-state index in [1.807, 2.05) is 21.1 Å². The van der Waals surface area contributed by atoms with Crippen LogP contribution in [0.15, 0.2) is 48.6 Å². The molecule has 0 aliphatic carbocycles. The highest BCUT2D eigenvalue weighted by atomic mass is 31.2. The molecule has 0 saturated heterocycles. The highest BCUT2D eigenvalue weighted by Gasteiger charge is 2.27. The molecule has 0 amide bonds. The predicted molar refractivity (Wildman–Crippen MR) is 261 cm³/mol. The van der Waals surface area contributed by atoms with E-state index in [-0.39, 0.29) is 32.0 Å². The number of hydrogen-bond donors (Lipinski definition) is 1. The zero-order chi connectivity index (χ0) is 45.7. The number of likely N-dealkylation sites (N-methyl/N-ethyl adjacent to an activating group) is 1. The average molecular weight is 895 g/mol. The van der Waals surface area contributed by atoms with Crippen LogP contribution >= 0.6 is 7.82 Å². The first-order chi connectivity index (χ1) is 30.0. The largest absolute Gasteiger partial charge is 0.472 e. The number of hydrogen-bond acceptors (Lipinski definition) is 7. The maximum Gasteiger partial charge on any atom is 0.472 e. The van der Waals surface area contributed by atoms with Gasteiger partial charge in [0.15, 0.2) is 6.10 Å². The van der Waals surface area contributed by atoms with Crippen molar-refractivity contribution in [1.82, 2.24) is 0 Å². The molecule has 0 spiro atoms. The van der Waals surface area contributed by atoms with Crippen LogP contribution < -0.4 is 0 Å². The van der Waals surface area contributed by atoms with Gasteiger partial charge in [0, 0.05) is 12.8 Å². The summed E-state index contributed by atoms with van der Waals surface area (Å²) in [5.41, 5.74) is 0. The molecule has 0 aromatic carbocycles. The number of phosphoric ester groups is 1. The Morgan fingerprint density at radius 2 is 0.871 bits per heavy atom. The number of quaternary nitrogens is 1. The molecule has 0 fully saturated rings. The van der Waals surface area contributed by atoms with Crippen LogP contribution in [0.3, 0.4) is 0 Å². The summed E-state index contributed by atoms with van der Waals surface area (Å²) in [6, 6.07) is 0. The van der Waals surface area contributed by atoms with Gasteiger partial charge < -0.3 is 18.9 Å². The van der Waals surface area contributed by atoms with Gasteiger partial charge in [0.05, 0.1) is 27.7 Å².